The van der Waals surface area contributed by atoms with E-state index < -0.39 is 11.9 Å². The highest BCUT2D eigenvalue weighted by atomic mass is 19.4. The van der Waals surface area contributed by atoms with Crippen LogP contribution < -0.4 is 10.6 Å². The second kappa shape index (κ2) is 5.46. The van der Waals surface area contributed by atoms with Crippen molar-refractivity contribution >= 4 is 11.8 Å². The molecule has 1 aromatic heterocycles. The fourth-order valence-corrected chi connectivity index (χ4v) is 2.40. The van der Waals surface area contributed by atoms with E-state index in [4.69, 9.17) is 0 Å². The zero-order valence-corrected chi connectivity index (χ0v) is 11.6. The van der Waals surface area contributed by atoms with Crippen molar-refractivity contribution < 1.29 is 13.2 Å². The maximum absolute atomic E-state index is 12.8. The van der Waals surface area contributed by atoms with Gasteiger partial charge in [-0.1, -0.05) is 13.3 Å². The van der Waals surface area contributed by atoms with Crippen molar-refractivity contribution in [2.45, 2.75) is 38.8 Å². The Morgan fingerprint density at radius 1 is 1.30 bits per heavy atom. The van der Waals surface area contributed by atoms with Crippen LogP contribution in [0.4, 0.5) is 24.9 Å². The third kappa shape index (κ3) is 3.13. The van der Waals surface area contributed by atoms with Gasteiger partial charge < -0.3 is 10.6 Å². The lowest BCUT2D eigenvalue weighted by Gasteiger charge is -2.41. The van der Waals surface area contributed by atoms with Gasteiger partial charge in [0.25, 0.3) is 0 Å². The first kappa shape index (κ1) is 14.9. The number of anilines is 2. The fourth-order valence-electron chi connectivity index (χ4n) is 2.40. The quantitative estimate of drug-likeness (QED) is 0.870. The van der Waals surface area contributed by atoms with Gasteiger partial charge in [-0.25, -0.2) is 4.98 Å². The lowest BCUT2D eigenvalue weighted by molar-refractivity contribution is -0.141. The van der Waals surface area contributed by atoms with Crippen LogP contribution in [0.2, 0.25) is 0 Å². The highest BCUT2D eigenvalue weighted by Gasteiger charge is 2.36. The van der Waals surface area contributed by atoms with Crippen LogP contribution in [0.15, 0.2) is 6.07 Å². The average molecular weight is 288 g/mol. The highest BCUT2D eigenvalue weighted by molar-refractivity contribution is 5.43. The first-order valence-electron chi connectivity index (χ1n) is 6.76. The van der Waals surface area contributed by atoms with E-state index in [1.165, 1.54) is 13.5 Å². The summed E-state index contributed by atoms with van der Waals surface area (Å²) in [6.07, 6.45) is -0.0198. The van der Waals surface area contributed by atoms with Crippen molar-refractivity contribution in [1.82, 2.24) is 9.97 Å². The molecule has 112 valence electrons. The maximum Gasteiger partial charge on any atom is 0.433 e. The summed E-state index contributed by atoms with van der Waals surface area (Å²) in [5, 5.41) is 5.59. The van der Waals surface area contributed by atoms with Crippen molar-refractivity contribution in [3.8, 4) is 0 Å². The van der Waals surface area contributed by atoms with Gasteiger partial charge in [0.15, 0.2) is 5.69 Å². The largest absolute Gasteiger partial charge is 0.433 e. The molecular formula is C13H19F3N4. The highest BCUT2D eigenvalue weighted by Crippen LogP contribution is 2.43. The van der Waals surface area contributed by atoms with E-state index in [1.807, 2.05) is 0 Å². The molecule has 1 saturated carbocycles. The van der Waals surface area contributed by atoms with Crippen molar-refractivity contribution in [3.63, 3.8) is 0 Å². The molecule has 2 rings (SSSR count). The third-order valence-electron chi connectivity index (χ3n) is 4.05. The molecule has 0 spiro atoms. The molecule has 0 saturated heterocycles. The lowest BCUT2D eigenvalue weighted by atomic mass is 9.67. The van der Waals surface area contributed by atoms with Gasteiger partial charge in [-0.3, -0.25) is 0 Å². The van der Waals surface area contributed by atoms with Crippen molar-refractivity contribution in [2.24, 2.45) is 5.41 Å². The van der Waals surface area contributed by atoms with E-state index in [2.05, 4.69) is 27.5 Å². The van der Waals surface area contributed by atoms with E-state index in [0.717, 1.165) is 25.3 Å². The van der Waals surface area contributed by atoms with Gasteiger partial charge >= 0.3 is 6.18 Å². The predicted octanol–water partition coefficient (Wildman–Crippen LogP) is 3.53. The minimum absolute atomic E-state index is 0.0264. The Morgan fingerprint density at radius 3 is 2.45 bits per heavy atom. The van der Waals surface area contributed by atoms with Crippen LogP contribution in [0.1, 0.15) is 38.3 Å². The van der Waals surface area contributed by atoms with Crippen LogP contribution >= 0.6 is 0 Å². The molecular weight excluding hydrogens is 269 g/mol. The van der Waals surface area contributed by atoms with Crippen LogP contribution in [0, 0.1) is 5.41 Å². The van der Waals surface area contributed by atoms with E-state index >= 15 is 0 Å². The van der Waals surface area contributed by atoms with E-state index in [1.54, 1.807) is 0 Å². The number of halogens is 3. The van der Waals surface area contributed by atoms with E-state index in [9.17, 15) is 13.2 Å². The van der Waals surface area contributed by atoms with Crippen LogP contribution in [-0.4, -0.2) is 23.6 Å². The van der Waals surface area contributed by atoms with Gasteiger partial charge in [0.05, 0.1) is 0 Å². The van der Waals surface area contributed by atoms with E-state index in [0.29, 0.717) is 6.54 Å². The summed E-state index contributed by atoms with van der Waals surface area (Å²) in [5.74, 6) is 0.192. The molecule has 1 aromatic rings. The zero-order chi connectivity index (χ0) is 14.8. The molecule has 1 heterocycles. The minimum atomic E-state index is -4.47. The zero-order valence-electron chi connectivity index (χ0n) is 11.6. The molecule has 1 aliphatic rings. The SMILES string of the molecule is CCC1(CNc2cc(C(F)(F)F)nc(NC)n2)CCC1. The number of hydrogen-bond donors (Lipinski definition) is 2. The second-order valence-electron chi connectivity index (χ2n) is 5.27. The van der Waals surface area contributed by atoms with Crippen LogP contribution in [-0.2, 0) is 6.18 Å². The number of alkyl halides is 3. The molecule has 0 atom stereocenters. The summed E-state index contributed by atoms with van der Waals surface area (Å²) in [6.45, 7) is 2.77. The Morgan fingerprint density at radius 2 is 2.00 bits per heavy atom. The van der Waals surface area contributed by atoms with Gasteiger partial charge in [-0.15, -0.1) is 0 Å². The first-order valence-corrected chi connectivity index (χ1v) is 6.76. The number of nitrogens with one attached hydrogen (secondary N) is 2. The first-order chi connectivity index (χ1) is 9.38. The number of rotatable bonds is 5. The molecule has 1 aliphatic carbocycles. The van der Waals surface area contributed by atoms with Crippen LogP contribution in [0.5, 0.6) is 0 Å². The van der Waals surface area contributed by atoms with Crippen molar-refractivity contribution in [1.29, 1.82) is 0 Å². The molecule has 20 heavy (non-hydrogen) atoms. The average Bonchev–Trinajstić information content (AvgIpc) is 2.36. The summed E-state index contributed by atoms with van der Waals surface area (Å²) in [7, 11) is 1.50. The van der Waals surface area contributed by atoms with Gasteiger partial charge in [0, 0.05) is 19.7 Å². The summed E-state index contributed by atoms with van der Waals surface area (Å²) in [5.41, 5.74) is -0.720. The Hall–Kier alpha value is -1.53. The number of aromatic nitrogens is 2. The Bertz CT molecular complexity index is 464. The van der Waals surface area contributed by atoms with Crippen molar-refractivity contribution in [3.05, 3.63) is 11.8 Å². The molecule has 0 bridgehead atoms. The van der Waals surface area contributed by atoms with Crippen molar-refractivity contribution in [2.75, 3.05) is 24.2 Å². The van der Waals surface area contributed by atoms with Crippen LogP contribution in [0.3, 0.4) is 0 Å². The normalized spacial score (nSPS) is 17.4. The summed E-state index contributed by atoms with van der Waals surface area (Å²) < 4.78 is 38.3. The van der Waals surface area contributed by atoms with Gasteiger partial charge in [-0.2, -0.15) is 18.2 Å². The van der Waals surface area contributed by atoms with Crippen LogP contribution in [0.25, 0.3) is 0 Å². The summed E-state index contributed by atoms with van der Waals surface area (Å²) >= 11 is 0. The molecule has 0 aromatic carbocycles. The van der Waals surface area contributed by atoms with Gasteiger partial charge in [0.2, 0.25) is 5.95 Å². The standard InChI is InChI=1S/C13H19F3N4/c1-3-12(5-4-6-12)8-18-10-7-9(13(14,15)16)19-11(17-2)20-10/h7H,3-6,8H2,1-2H3,(H2,17,18,19,20). The molecule has 4 nitrogen and oxygen atoms in total. The molecule has 1 fully saturated rings. The molecule has 0 aliphatic heterocycles. The van der Waals surface area contributed by atoms with Gasteiger partial charge in [0.1, 0.15) is 5.82 Å². The molecule has 2 N–H and O–H groups in total. The van der Waals surface area contributed by atoms with Gasteiger partial charge in [-0.05, 0) is 24.7 Å². The Labute approximate surface area is 116 Å². The summed E-state index contributed by atoms with van der Waals surface area (Å²) in [6, 6.07) is 0.961. The predicted molar refractivity (Wildman–Crippen MR) is 71.6 cm³/mol. The lowest BCUT2D eigenvalue weighted by Crippen LogP contribution is -2.36. The maximum atomic E-state index is 12.8. The number of hydrogen-bond acceptors (Lipinski definition) is 4. The number of nitrogens with zero attached hydrogens (tertiary/aromatic N) is 2. The fraction of sp³-hybridized carbons (Fsp3) is 0.692. The molecule has 0 unspecified atom stereocenters. The molecule has 7 heteroatoms. The Kier molecular flexibility index (Phi) is 4.06. The topological polar surface area (TPSA) is 49.8 Å². The second-order valence-corrected chi connectivity index (χ2v) is 5.27. The smallest absolute Gasteiger partial charge is 0.369 e. The third-order valence-corrected chi connectivity index (χ3v) is 4.05. The minimum Gasteiger partial charge on any atom is -0.369 e. The van der Waals surface area contributed by atoms with E-state index in [-0.39, 0.29) is 17.2 Å². The monoisotopic (exact) mass is 288 g/mol. The molecule has 0 amide bonds. The summed E-state index contributed by atoms with van der Waals surface area (Å²) in [4.78, 5) is 7.46. The molecule has 0 radical (unpaired) electrons. The Balaban J connectivity index is 2.14.